The number of carbonyl (C=O) groups excluding carboxylic acids is 1. The van der Waals surface area contributed by atoms with E-state index in [1.807, 2.05) is 53.3 Å². The van der Waals surface area contributed by atoms with E-state index in [0.29, 0.717) is 29.8 Å². The van der Waals surface area contributed by atoms with Crippen molar-refractivity contribution in [2.45, 2.75) is 30.3 Å². The van der Waals surface area contributed by atoms with Crippen molar-refractivity contribution in [3.8, 4) is 11.6 Å². The molecule has 0 bridgehead atoms. The molecule has 30 heavy (non-hydrogen) atoms. The maximum atomic E-state index is 12.6. The molecule has 0 aliphatic carbocycles. The summed E-state index contributed by atoms with van der Waals surface area (Å²) in [5.41, 5.74) is 1.13. The predicted octanol–water partition coefficient (Wildman–Crippen LogP) is 4.49. The minimum atomic E-state index is -0.295. The van der Waals surface area contributed by atoms with Crippen LogP contribution >= 0.6 is 23.1 Å². The normalized spacial score (nSPS) is 12.0. The Kier molecular flexibility index (Phi) is 6.66. The molecule has 0 fully saturated rings. The number of benzene rings is 1. The zero-order valence-corrected chi connectivity index (χ0v) is 18.2. The van der Waals surface area contributed by atoms with Crippen LogP contribution in [0.15, 0.2) is 75.8 Å². The van der Waals surface area contributed by atoms with E-state index in [4.69, 9.17) is 4.42 Å². The van der Waals surface area contributed by atoms with Crippen LogP contribution in [0.3, 0.4) is 0 Å². The standard InChI is InChI=1S/C22H22N4O2S2/c1-16(21(27)23-12-11-18-9-6-14-29-18)30-22-25-24-20(19-10-5-13-28-19)26(22)15-17-7-3-2-4-8-17/h2-10,13-14,16H,11-12,15H2,1H3,(H,23,27). The average molecular weight is 439 g/mol. The van der Waals surface area contributed by atoms with E-state index in [-0.39, 0.29) is 11.2 Å². The molecule has 6 nitrogen and oxygen atoms in total. The van der Waals surface area contributed by atoms with Crippen LogP contribution in [-0.4, -0.2) is 32.5 Å². The summed E-state index contributed by atoms with van der Waals surface area (Å²) in [6, 6.07) is 17.9. The molecular weight excluding hydrogens is 416 g/mol. The molecule has 0 spiro atoms. The van der Waals surface area contributed by atoms with Crippen molar-refractivity contribution in [3.63, 3.8) is 0 Å². The topological polar surface area (TPSA) is 73.0 Å². The van der Waals surface area contributed by atoms with Gasteiger partial charge in [-0.3, -0.25) is 9.36 Å². The Balaban J connectivity index is 1.46. The molecule has 1 atom stereocenters. The Hall–Kier alpha value is -2.84. The second kappa shape index (κ2) is 9.77. The van der Waals surface area contributed by atoms with Gasteiger partial charge in [-0.25, -0.2) is 0 Å². The van der Waals surface area contributed by atoms with Gasteiger partial charge in [0.2, 0.25) is 11.7 Å². The first kappa shape index (κ1) is 20.4. The molecule has 3 aromatic heterocycles. The van der Waals surface area contributed by atoms with Gasteiger partial charge in [-0.05, 0) is 42.5 Å². The zero-order chi connectivity index (χ0) is 20.8. The molecule has 1 amide bonds. The third-order valence-electron chi connectivity index (χ3n) is 4.54. The first-order valence-corrected chi connectivity index (χ1v) is 11.4. The van der Waals surface area contributed by atoms with Crippen LogP contribution in [0.5, 0.6) is 0 Å². The second-order valence-electron chi connectivity index (χ2n) is 6.74. The van der Waals surface area contributed by atoms with Gasteiger partial charge < -0.3 is 9.73 Å². The fourth-order valence-electron chi connectivity index (χ4n) is 2.99. The number of carbonyl (C=O) groups is 1. The third-order valence-corrected chi connectivity index (χ3v) is 6.56. The van der Waals surface area contributed by atoms with E-state index < -0.39 is 0 Å². The van der Waals surface area contributed by atoms with Crippen LogP contribution in [0.25, 0.3) is 11.6 Å². The van der Waals surface area contributed by atoms with Gasteiger partial charge in [0, 0.05) is 11.4 Å². The quantitative estimate of drug-likeness (QED) is 0.390. The smallest absolute Gasteiger partial charge is 0.233 e. The second-order valence-corrected chi connectivity index (χ2v) is 9.08. The molecule has 1 unspecified atom stereocenters. The molecule has 1 aromatic carbocycles. The molecule has 0 saturated carbocycles. The number of nitrogens with one attached hydrogen (secondary N) is 1. The monoisotopic (exact) mass is 438 g/mol. The maximum absolute atomic E-state index is 12.6. The number of nitrogens with zero attached hydrogens (tertiary/aromatic N) is 3. The van der Waals surface area contributed by atoms with Crippen molar-refractivity contribution in [1.82, 2.24) is 20.1 Å². The van der Waals surface area contributed by atoms with Gasteiger partial charge in [0.1, 0.15) is 0 Å². The molecule has 0 aliphatic heterocycles. The highest BCUT2D eigenvalue weighted by Gasteiger charge is 2.22. The lowest BCUT2D eigenvalue weighted by Crippen LogP contribution is -2.32. The van der Waals surface area contributed by atoms with Crippen LogP contribution in [0.4, 0.5) is 0 Å². The molecule has 4 rings (SSSR count). The van der Waals surface area contributed by atoms with Gasteiger partial charge in [0.25, 0.3) is 0 Å². The van der Waals surface area contributed by atoms with Gasteiger partial charge >= 0.3 is 0 Å². The van der Waals surface area contributed by atoms with E-state index in [1.54, 1.807) is 17.6 Å². The molecule has 1 N–H and O–H groups in total. The maximum Gasteiger partial charge on any atom is 0.233 e. The van der Waals surface area contributed by atoms with Crippen LogP contribution in [0.2, 0.25) is 0 Å². The SMILES string of the molecule is CC(Sc1nnc(-c2ccco2)n1Cc1ccccc1)C(=O)NCCc1cccs1. The van der Waals surface area contributed by atoms with Gasteiger partial charge in [-0.2, -0.15) is 0 Å². The van der Waals surface area contributed by atoms with Crippen molar-refractivity contribution in [3.05, 3.63) is 76.7 Å². The summed E-state index contributed by atoms with van der Waals surface area (Å²) in [7, 11) is 0. The average Bonchev–Trinajstić information content (AvgIpc) is 3.52. The Bertz CT molecular complexity index is 1060. The van der Waals surface area contributed by atoms with Gasteiger partial charge in [-0.1, -0.05) is 48.2 Å². The number of aromatic nitrogens is 3. The Labute approximate surface area is 183 Å². The van der Waals surface area contributed by atoms with Gasteiger partial charge in [-0.15, -0.1) is 21.5 Å². The first-order valence-electron chi connectivity index (χ1n) is 9.68. The van der Waals surface area contributed by atoms with E-state index >= 15 is 0 Å². The molecule has 0 aliphatic rings. The minimum Gasteiger partial charge on any atom is -0.461 e. The largest absolute Gasteiger partial charge is 0.461 e. The van der Waals surface area contributed by atoms with Crippen molar-refractivity contribution in [2.75, 3.05) is 6.54 Å². The summed E-state index contributed by atoms with van der Waals surface area (Å²) >= 11 is 3.10. The van der Waals surface area contributed by atoms with Gasteiger partial charge in [0.15, 0.2) is 10.9 Å². The summed E-state index contributed by atoms with van der Waals surface area (Å²) in [5.74, 6) is 1.29. The highest BCUT2D eigenvalue weighted by Crippen LogP contribution is 2.28. The number of thioether (sulfide) groups is 1. The number of thiophene rings is 1. The summed E-state index contributed by atoms with van der Waals surface area (Å²) in [4.78, 5) is 13.8. The fourth-order valence-corrected chi connectivity index (χ4v) is 4.57. The summed E-state index contributed by atoms with van der Waals surface area (Å²) in [6.07, 6.45) is 2.46. The highest BCUT2D eigenvalue weighted by atomic mass is 32.2. The van der Waals surface area contributed by atoms with Crippen molar-refractivity contribution >= 4 is 29.0 Å². The van der Waals surface area contributed by atoms with Crippen molar-refractivity contribution in [2.24, 2.45) is 0 Å². The van der Waals surface area contributed by atoms with Crippen molar-refractivity contribution in [1.29, 1.82) is 0 Å². The van der Waals surface area contributed by atoms with Crippen LogP contribution < -0.4 is 5.32 Å². The molecule has 0 saturated heterocycles. The minimum absolute atomic E-state index is 0.00892. The number of rotatable bonds is 9. The lowest BCUT2D eigenvalue weighted by Gasteiger charge is -2.13. The fraction of sp³-hybridized carbons (Fsp3) is 0.227. The Morgan fingerprint density at radius 2 is 2.03 bits per heavy atom. The summed E-state index contributed by atoms with van der Waals surface area (Å²) in [5, 5.41) is 14.1. The van der Waals surface area contributed by atoms with E-state index in [0.717, 1.165) is 12.0 Å². The van der Waals surface area contributed by atoms with E-state index in [9.17, 15) is 4.79 Å². The molecule has 8 heteroatoms. The Morgan fingerprint density at radius 3 is 2.77 bits per heavy atom. The van der Waals surface area contributed by atoms with Crippen LogP contribution in [0, 0.1) is 0 Å². The number of amides is 1. The van der Waals surface area contributed by atoms with Crippen molar-refractivity contribution < 1.29 is 9.21 Å². The lowest BCUT2D eigenvalue weighted by molar-refractivity contribution is -0.120. The lowest BCUT2D eigenvalue weighted by atomic mass is 10.2. The zero-order valence-electron chi connectivity index (χ0n) is 16.5. The molecule has 0 radical (unpaired) electrons. The van der Waals surface area contributed by atoms with E-state index in [1.165, 1.54) is 16.6 Å². The molecular formula is C22H22N4O2S2. The predicted molar refractivity (Wildman–Crippen MR) is 120 cm³/mol. The molecule has 4 aromatic rings. The van der Waals surface area contributed by atoms with Crippen LogP contribution in [0.1, 0.15) is 17.4 Å². The Morgan fingerprint density at radius 1 is 1.17 bits per heavy atom. The summed E-state index contributed by atoms with van der Waals surface area (Å²) < 4.78 is 7.54. The van der Waals surface area contributed by atoms with E-state index in [2.05, 4.69) is 33.7 Å². The first-order chi connectivity index (χ1) is 14.7. The molecule has 154 valence electrons. The van der Waals surface area contributed by atoms with Crippen LogP contribution in [-0.2, 0) is 17.8 Å². The van der Waals surface area contributed by atoms with Gasteiger partial charge in [0.05, 0.1) is 18.1 Å². The number of hydrogen-bond donors (Lipinski definition) is 1. The highest BCUT2D eigenvalue weighted by molar-refractivity contribution is 8.00. The summed E-state index contributed by atoms with van der Waals surface area (Å²) in [6.45, 7) is 3.11. The molecule has 3 heterocycles. The number of hydrogen-bond acceptors (Lipinski definition) is 6. The number of furan rings is 1. The third kappa shape index (κ3) is 5.01.